The van der Waals surface area contributed by atoms with Crippen LogP contribution in [0.15, 0.2) is 34.9 Å². The van der Waals surface area contributed by atoms with Crippen molar-refractivity contribution in [2.75, 3.05) is 6.61 Å². The molecule has 0 fully saturated rings. The summed E-state index contributed by atoms with van der Waals surface area (Å²) in [6.45, 7) is 2.44. The molecule has 0 amide bonds. The Kier molecular flexibility index (Phi) is 4.89. The monoisotopic (exact) mass is 343 g/mol. The third-order valence-electron chi connectivity index (χ3n) is 2.36. The molecule has 0 radical (unpaired) electrons. The average Bonchev–Trinajstić information content (AvgIpc) is 2.43. The summed E-state index contributed by atoms with van der Waals surface area (Å²) in [6, 6.07) is 5.69. The summed E-state index contributed by atoms with van der Waals surface area (Å²) in [6.07, 6.45) is 2.30. The maximum Gasteiger partial charge on any atom is 0.262 e. The Hall–Kier alpha value is -1.69. The number of nitrogens with zero attached hydrogens (tertiary/aromatic N) is 1. The van der Waals surface area contributed by atoms with Crippen molar-refractivity contribution in [3.05, 3.63) is 46.6 Å². The van der Waals surface area contributed by atoms with E-state index < -0.39 is 11.6 Å². The molecule has 0 saturated heterocycles. The Morgan fingerprint density at radius 3 is 2.80 bits per heavy atom. The highest BCUT2D eigenvalue weighted by molar-refractivity contribution is 9.10. The molecular weight excluding hydrogens is 332 g/mol. The van der Waals surface area contributed by atoms with Crippen molar-refractivity contribution < 1.29 is 18.3 Å². The van der Waals surface area contributed by atoms with Crippen LogP contribution in [0, 0.1) is 11.6 Å². The van der Waals surface area contributed by atoms with Gasteiger partial charge >= 0.3 is 0 Å². The van der Waals surface area contributed by atoms with E-state index in [0.717, 1.165) is 12.5 Å². The second-order valence-corrected chi connectivity index (χ2v) is 4.87. The van der Waals surface area contributed by atoms with E-state index in [4.69, 9.17) is 9.47 Å². The van der Waals surface area contributed by atoms with Crippen LogP contribution in [0.3, 0.4) is 0 Å². The normalized spacial score (nSPS) is 10.4. The van der Waals surface area contributed by atoms with Crippen molar-refractivity contribution in [2.24, 2.45) is 0 Å². The zero-order valence-electron chi connectivity index (χ0n) is 10.7. The van der Waals surface area contributed by atoms with Crippen LogP contribution in [0.1, 0.15) is 13.3 Å². The van der Waals surface area contributed by atoms with Crippen LogP contribution in [0.2, 0.25) is 0 Å². The number of benzene rings is 1. The lowest BCUT2D eigenvalue weighted by molar-refractivity contribution is 0.295. The molecule has 0 aliphatic carbocycles. The molecule has 1 heterocycles. The molecule has 0 unspecified atom stereocenters. The summed E-state index contributed by atoms with van der Waals surface area (Å²) in [5, 5.41) is 0. The lowest BCUT2D eigenvalue weighted by Crippen LogP contribution is -2.00. The number of ether oxygens (including phenoxy) is 2. The van der Waals surface area contributed by atoms with Crippen LogP contribution in [0.4, 0.5) is 8.78 Å². The largest absolute Gasteiger partial charge is 0.488 e. The van der Waals surface area contributed by atoms with E-state index >= 15 is 0 Å². The molecule has 3 nitrogen and oxygen atoms in total. The smallest absolute Gasteiger partial charge is 0.262 e. The van der Waals surface area contributed by atoms with Crippen LogP contribution >= 0.6 is 15.9 Å². The zero-order valence-corrected chi connectivity index (χ0v) is 12.3. The number of halogens is 3. The third kappa shape index (κ3) is 3.45. The molecule has 1 aromatic heterocycles. The molecule has 106 valence electrons. The molecule has 0 aliphatic heterocycles. The van der Waals surface area contributed by atoms with Gasteiger partial charge in [-0.15, -0.1) is 0 Å². The summed E-state index contributed by atoms with van der Waals surface area (Å²) < 4.78 is 38.1. The highest BCUT2D eigenvalue weighted by Gasteiger charge is 2.15. The van der Waals surface area contributed by atoms with Crippen molar-refractivity contribution >= 4 is 15.9 Å². The molecule has 0 N–H and O–H groups in total. The Morgan fingerprint density at radius 2 is 2.05 bits per heavy atom. The number of rotatable bonds is 5. The second-order valence-electron chi connectivity index (χ2n) is 3.96. The fourth-order valence-electron chi connectivity index (χ4n) is 1.49. The predicted molar refractivity (Wildman–Crippen MR) is 74.2 cm³/mol. The Morgan fingerprint density at radius 1 is 1.25 bits per heavy atom. The molecule has 20 heavy (non-hydrogen) atoms. The number of pyridine rings is 1. The second kappa shape index (κ2) is 6.65. The van der Waals surface area contributed by atoms with E-state index in [-0.39, 0.29) is 11.6 Å². The SMILES string of the molecule is CCCOc1cccnc1Oc1cc(Br)cc(F)c1F. The van der Waals surface area contributed by atoms with Gasteiger partial charge in [-0.1, -0.05) is 22.9 Å². The maximum absolute atomic E-state index is 13.7. The average molecular weight is 344 g/mol. The van der Waals surface area contributed by atoms with E-state index in [9.17, 15) is 8.78 Å². The highest BCUT2D eigenvalue weighted by atomic mass is 79.9. The standard InChI is InChI=1S/C14H12BrF2NO2/c1-2-6-19-11-4-3-5-18-14(11)20-12-8-9(15)7-10(16)13(12)17/h3-5,7-8H,2,6H2,1H3. The van der Waals surface area contributed by atoms with Crippen LogP contribution in [-0.4, -0.2) is 11.6 Å². The first-order chi connectivity index (χ1) is 9.61. The lowest BCUT2D eigenvalue weighted by atomic mass is 10.3. The van der Waals surface area contributed by atoms with Crippen molar-refractivity contribution in [1.29, 1.82) is 0 Å². The topological polar surface area (TPSA) is 31.4 Å². The minimum atomic E-state index is -1.07. The summed E-state index contributed by atoms with van der Waals surface area (Å²) in [5.74, 6) is -1.84. The van der Waals surface area contributed by atoms with Gasteiger partial charge in [-0.3, -0.25) is 0 Å². The summed E-state index contributed by atoms with van der Waals surface area (Å²) in [7, 11) is 0. The number of hydrogen-bond acceptors (Lipinski definition) is 3. The number of hydrogen-bond donors (Lipinski definition) is 0. The minimum absolute atomic E-state index is 0.0948. The highest BCUT2D eigenvalue weighted by Crippen LogP contribution is 2.33. The summed E-state index contributed by atoms with van der Waals surface area (Å²) in [5.41, 5.74) is 0. The summed E-state index contributed by atoms with van der Waals surface area (Å²) >= 11 is 3.08. The molecule has 0 atom stereocenters. The van der Waals surface area contributed by atoms with Crippen LogP contribution in [0.25, 0.3) is 0 Å². The molecule has 0 saturated carbocycles. The molecule has 0 bridgehead atoms. The van der Waals surface area contributed by atoms with E-state index in [1.807, 2.05) is 6.92 Å². The van der Waals surface area contributed by atoms with Gasteiger partial charge in [0.25, 0.3) is 5.88 Å². The van der Waals surface area contributed by atoms with Gasteiger partial charge in [0, 0.05) is 10.7 Å². The molecule has 0 aliphatic rings. The molecule has 0 spiro atoms. The zero-order chi connectivity index (χ0) is 14.5. The Labute approximate surface area is 123 Å². The van der Waals surface area contributed by atoms with Gasteiger partial charge in [0.1, 0.15) is 0 Å². The quantitative estimate of drug-likeness (QED) is 0.737. The van der Waals surface area contributed by atoms with Crippen LogP contribution in [0.5, 0.6) is 17.4 Å². The molecule has 2 aromatic rings. The molecular formula is C14H12BrF2NO2. The lowest BCUT2D eigenvalue weighted by Gasteiger charge is -2.11. The Bertz CT molecular complexity index is 608. The van der Waals surface area contributed by atoms with E-state index in [2.05, 4.69) is 20.9 Å². The van der Waals surface area contributed by atoms with E-state index in [0.29, 0.717) is 16.8 Å². The van der Waals surface area contributed by atoms with Gasteiger partial charge in [-0.05, 0) is 30.7 Å². The summed E-state index contributed by atoms with van der Waals surface area (Å²) in [4.78, 5) is 3.98. The number of aromatic nitrogens is 1. The van der Waals surface area contributed by atoms with E-state index in [1.165, 1.54) is 12.3 Å². The third-order valence-corrected chi connectivity index (χ3v) is 2.82. The van der Waals surface area contributed by atoms with Gasteiger partial charge in [-0.25, -0.2) is 9.37 Å². The van der Waals surface area contributed by atoms with Gasteiger partial charge < -0.3 is 9.47 Å². The first-order valence-corrected chi connectivity index (χ1v) is 6.81. The fraction of sp³-hybridized carbons (Fsp3) is 0.214. The van der Waals surface area contributed by atoms with Crippen LogP contribution in [-0.2, 0) is 0 Å². The minimum Gasteiger partial charge on any atom is -0.488 e. The van der Waals surface area contributed by atoms with Crippen molar-refractivity contribution in [3.63, 3.8) is 0 Å². The van der Waals surface area contributed by atoms with Crippen molar-refractivity contribution in [3.8, 4) is 17.4 Å². The van der Waals surface area contributed by atoms with E-state index in [1.54, 1.807) is 12.1 Å². The molecule has 6 heteroatoms. The van der Waals surface area contributed by atoms with Gasteiger partial charge in [0.2, 0.25) is 5.82 Å². The van der Waals surface area contributed by atoms with Crippen LogP contribution < -0.4 is 9.47 Å². The fourth-order valence-corrected chi connectivity index (χ4v) is 1.89. The van der Waals surface area contributed by atoms with Gasteiger partial charge in [-0.2, -0.15) is 4.39 Å². The van der Waals surface area contributed by atoms with Gasteiger partial charge in [0.15, 0.2) is 17.3 Å². The molecule has 2 rings (SSSR count). The van der Waals surface area contributed by atoms with Crippen molar-refractivity contribution in [1.82, 2.24) is 4.98 Å². The maximum atomic E-state index is 13.7. The van der Waals surface area contributed by atoms with Crippen molar-refractivity contribution in [2.45, 2.75) is 13.3 Å². The van der Waals surface area contributed by atoms with Gasteiger partial charge in [0.05, 0.1) is 6.61 Å². The molecule has 1 aromatic carbocycles. The first kappa shape index (κ1) is 14.7. The predicted octanol–water partition coefficient (Wildman–Crippen LogP) is 4.70. The Balaban J connectivity index is 2.30. The first-order valence-electron chi connectivity index (χ1n) is 6.02.